The number of hydrogen-bond donors (Lipinski definition) is 1. The number of carbonyl (C=O) groups is 2. The van der Waals surface area contributed by atoms with Crippen molar-refractivity contribution >= 4 is 17.7 Å². The zero-order valence-corrected chi connectivity index (χ0v) is 17.8. The van der Waals surface area contributed by atoms with Crippen LogP contribution in [0.1, 0.15) is 17.3 Å². The number of nitrogens with one attached hydrogen (secondary N) is 1. The SMILES string of the molecule is CCOC(=O)Oc1c(OC)cc(C(=O)Nc2ccc(OC)c(-n3cnnn3)c2)cc1OC. The lowest BCUT2D eigenvalue weighted by Crippen LogP contribution is -2.15. The fraction of sp³-hybridized carbons (Fsp3) is 0.250. The van der Waals surface area contributed by atoms with E-state index in [0.29, 0.717) is 17.1 Å². The van der Waals surface area contributed by atoms with Crippen molar-refractivity contribution in [3.8, 4) is 28.7 Å². The smallest absolute Gasteiger partial charge is 0.494 e. The predicted molar refractivity (Wildman–Crippen MR) is 111 cm³/mol. The van der Waals surface area contributed by atoms with E-state index in [2.05, 4.69) is 20.8 Å². The monoisotopic (exact) mass is 443 g/mol. The lowest BCUT2D eigenvalue weighted by Gasteiger charge is -2.15. The number of carbonyl (C=O) groups excluding carboxylic acids is 2. The number of benzene rings is 2. The van der Waals surface area contributed by atoms with Gasteiger partial charge in [-0.05, 0) is 47.7 Å². The highest BCUT2D eigenvalue weighted by Crippen LogP contribution is 2.39. The van der Waals surface area contributed by atoms with Gasteiger partial charge in [-0.15, -0.1) is 5.10 Å². The third-order valence-corrected chi connectivity index (χ3v) is 4.20. The zero-order valence-electron chi connectivity index (χ0n) is 17.8. The molecule has 0 radical (unpaired) electrons. The van der Waals surface area contributed by atoms with Crippen molar-refractivity contribution in [3.63, 3.8) is 0 Å². The van der Waals surface area contributed by atoms with E-state index in [9.17, 15) is 9.59 Å². The minimum absolute atomic E-state index is 0.00424. The van der Waals surface area contributed by atoms with Crippen LogP contribution in [0.2, 0.25) is 0 Å². The molecule has 0 aliphatic heterocycles. The van der Waals surface area contributed by atoms with Crippen LogP contribution in [0, 0.1) is 0 Å². The van der Waals surface area contributed by atoms with Gasteiger partial charge in [0.05, 0.1) is 27.9 Å². The first-order chi connectivity index (χ1) is 15.5. The van der Waals surface area contributed by atoms with Gasteiger partial charge in [0, 0.05) is 11.3 Å². The Kier molecular flexibility index (Phi) is 7.06. The molecule has 1 N–H and O–H groups in total. The highest BCUT2D eigenvalue weighted by atomic mass is 16.7. The normalized spacial score (nSPS) is 10.2. The molecule has 2 aromatic carbocycles. The summed E-state index contributed by atoms with van der Waals surface area (Å²) in [4.78, 5) is 24.6. The predicted octanol–water partition coefficient (Wildman–Crippen LogP) is 2.48. The molecule has 1 heterocycles. The Morgan fingerprint density at radius 3 is 2.25 bits per heavy atom. The van der Waals surface area contributed by atoms with E-state index in [0.717, 1.165) is 0 Å². The zero-order chi connectivity index (χ0) is 23.1. The number of amides is 1. The van der Waals surface area contributed by atoms with Gasteiger partial charge in [0.1, 0.15) is 17.8 Å². The number of anilines is 1. The summed E-state index contributed by atoms with van der Waals surface area (Å²) in [7, 11) is 4.26. The van der Waals surface area contributed by atoms with Gasteiger partial charge >= 0.3 is 6.16 Å². The van der Waals surface area contributed by atoms with Crippen molar-refractivity contribution in [1.82, 2.24) is 20.2 Å². The third-order valence-electron chi connectivity index (χ3n) is 4.20. The van der Waals surface area contributed by atoms with Gasteiger partial charge < -0.3 is 29.0 Å². The third kappa shape index (κ3) is 4.86. The molecule has 1 amide bonds. The lowest BCUT2D eigenvalue weighted by atomic mass is 10.1. The minimum Gasteiger partial charge on any atom is -0.494 e. The largest absolute Gasteiger partial charge is 0.514 e. The van der Waals surface area contributed by atoms with Crippen molar-refractivity contribution in [2.75, 3.05) is 33.3 Å². The molecule has 0 aliphatic rings. The van der Waals surface area contributed by atoms with Gasteiger partial charge in [-0.25, -0.2) is 4.79 Å². The van der Waals surface area contributed by atoms with Crippen LogP contribution in [0.15, 0.2) is 36.7 Å². The van der Waals surface area contributed by atoms with E-state index < -0.39 is 12.1 Å². The molecule has 0 fully saturated rings. The number of methoxy groups -OCH3 is 3. The summed E-state index contributed by atoms with van der Waals surface area (Å²) in [6.07, 6.45) is 0.483. The van der Waals surface area contributed by atoms with E-state index in [-0.39, 0.29) is 29.4 Å². The van der Waals surface area contributed by atoms with Crippen molar-refractivity contribution in [1.29, 1.82) is 0 Å². The van der Waals surface area contributed by atoms with Gasteiger partial charge in [-0.1, -0.05) is 0 Å². The van der Waals surface area contributed by atoms with Crippen LogP contribution >= 0.6 is 0 Å². The number of hydrogen-bond acceptors (Lipinski definition) is 10. The first kappa shape index (κ1) is 22.3. The molecule has 32 heavy (non-hydrogen) atoms. The van der Waals surface area contributed by atoms with Crippen LogP contribution in [0.3, 0.4) is 0 Å². The second-order valence-corrected chi connectivity index (χ2v) is 6.09. The Balaban J connectivity index is 1.89. The highest BCUT2D eigenvalue weighted by Gasteiger charge is 2.21. The molecule has 3 rings (SSSR count). The van der Waals surface area contributed by atoms with Gasteiger partial charge in [0.15, 0.2) is 11.5 Å². The van der Waals surface area contributed by atoms with Crippen molar-refractivity contribution < 1.29 is 33.3 Å². The molecule has 168 valence electrons. The summed E-state index contributed by atoms with van der Waals surface area (Å²) >= 11 is 0. The standard InChI is InChI=1S/C20H21N5O7/c1-5-31-20(27)32-18-16(29-3)8-12(9-17(18)30-4)19(26)22-13-6-7-15(28-2)14(10-13)25-11-21-23-24-25/h6-11H,5H2,1-4H3,(H,22,26). The molecular weight excluding hydrogens is 422 g/mol. The summed E-state index contributed by atoms with van der Waals surface area (Å²) in [5, 5.41) is 13.8. The average molecular weight is 443 g/mol. The van der Waals surface area contributed by atoms with Crippen LogP contribution in [0.4, 0.5) is 10.5 Å². The molecular formula is C20H21N5O7. The van der Waals surface area contributed by atoms with Crippen LogP contribution < -0.4 is 24.3 Å². The Morgan fingerprint density at radius 1 is 1.00 bits per heavy atom. The molecule has 3 aromatic rings. The van der Waals surface area contributed by atoms with Crippen molar-refractivity contribution in [2.24, 2.45) is 0 Å². The van der Waals surface area contributed by atoms with Gasteiger partial charge in [0.2, 0.25) is 5.75 Å². The molecule has 0 aliphatic carbocycles. The van der Waals surface area contributed by atoms with Crippen molar-refractivity contribution in [2.45, 2.75) is 6.92 Å². The lowest BCUT2D eigenvalue weighted by molar-refractivity contribution is 0.102. The summed E-state index contributed by atoms with van der Waals surface area (Å²) in [6.45, 7) is 1.78. The molecule has 12 nitrogen and oxygen atoms in total. The average Bonchev–Trinajstić information content (AvgIpc) is 3.34. The Morgan fingerprint density at radius 2 is 1.69 bits per heavy atom. The first-order valence-corrected chi connectivity index (χ1v) is 9.34. The number of tetrazole rings is 1. The van der Waals surface area contributed by atoms with Gasteiger partial charge in [-0.2, -0.15) is 4.68 Å². The van der Waals surface area contributed by atoms with Crippen molar-refractivity contribution in [3.05, 3.63) is 42.2 Å². The number of ether oxygens (including phenoxy) is 5. The quantitative estimate of drug-likeness (QED) is 0.408. The fourth-order valence-electron chi connectivity index (χ4n) is 2.76. The molecule has 1 aromatic heterocycles. The van der Waals surface area contributed by atoms with E-state index in [1.165, 1.54) is 44.5 Å². The molecule has 12 heteroatoms. The second kappa shape index (κ2) is 10.1. The first-order valence-electron chi connectivity index (χ1n) is 9.34. The molecule has 0 bridgehead atoms. The Labute approximate surface area is 183 Å². The minimum atomic E-state index is -0.922. The Hall–Kier alpha value is -4.35. The summed E-state index contributed by atoms with van der Waals surface area (Å²) < 4.78 is 27.2. The highest BCUT2D eigenvalue weighted by molar-refractivity contribution is 6.05. The molecule has 0 atom stereocenters. The molecule has 0 spiro atoms. The maximum atomic E-state index is 12.9. The van der Waals surface area contributed by atoms with Crippen LogP contribution in [-0.4, -0.2) is 60.2 Å². The Bertz CT molecular complexity index is 1080. The maximum absolute atomic E-state index is 12.9. The number of nitrogens with zero attached hydrogens (tertiary/aromatic N) is 4. The number of rotatable bonds is 8. The summed E-state index contributed by atoms with van der Waals surface area (Å²) in [5.74, 6) is 0.282. The summed E-state index contributed by atoms with van der Waals surface area (Å²) in [5.41, 5.74) is 1.20. The van der Waals surface area contributed by atoms with Gasteiger partial charge in [-0.3, -0.25) is 4.79 Å². The fourth-order valence-corrected chi connectivity index (χ4v) is 2.76. The van der Waals surface area contributed by atoms with E-state index >= 15 is 0 Å². The van der Waals surface area contributed by atoms with E-state index in [1.807, 2.05) is 0 Å². The topological polar surface area (TPSA) is 136 Å². The van der Waals surface area contributed by atoms with Gasteiger partial charge in [0.25, 0.3) is 5.91 Å². The van der Waals surface area contributed by atoms with Crippen LogP contribution in [0.5, 0.6) is 23.0 Å². The van der Waals surface area contributed by atoms with Crippen LogP contribution in [0.25, 0.3) is 5.69 Å². The maximum Gasteiger partial charge on any atom is 0.514 e. The number of aromatic nitrogens is 4. The molecule has 0 unspecified atom stereocenters. The second-order valence-electron chi connectivity index (χ2n) is 6.09. The molecule has 0 saturated heterocycles. The molecule has 0 saturated carbocycles. The summed E-state index contributed by atoms with van der Waals surface area (Å²) in [6, 6.07) is 7.82. The van der Waals surface area contributed by atoms with E-state index in [1.54, 1.807) is 25.1 Å². The van der Waals surface area contributed by atoms with E-state index in [4.69, 9.17) is 23.7 Å². The van der Waals surface area contributed by atoms with Crippen LogP contribution in [-0.2, 0) is 4.74 Å².